The molecule has 2 aliphatic rings. The minimum absolute atomic E-state index is 0.0638. The Morgan fingerprint density at radius 3 is 2.81 bits per heavy atom. The van der Waals surface area contributed by atoms with E-state index in [1.165, 1.54) is 5.56 Å². The second kappa shape index (κ2) is 11.4. The highest BCUT2D eigenvalue weighted by atomic mass is 19.1. The third kappa shape index (κ3) is 5.65. The molecule has 194 valence electrons. The minimum atomic E-state index is -0.321. The highest BCUT2D eigenvalue weighted by molar-refractivity contribution is 5.75. The van der Waals surface area contributed by atoms with E-state index in [0.29, 0.717) is 43.1 Å². The Hall–Kier alpha value is -3.36. The number of halogens is 1. The van der Waals surface area contributed by atoms with Crippen LogP contribution in [0.25, 0.3) is 11.3 Å². The number of pyridine rings is 2. The molecule has 3 atom stereocenters. The number of nitrogens with one attached hydrogen (secondary N) is 1. The summed E-state index contributed by atoms with van der Waals surface area (Å²) in [6, 6.07) is 11.0. The Balaban J connectivity index is 1.51. The van der Waals surface area contributed by atoms with Crippen LogP contribution in [0, 0.1) is 11.7 Å². The molecule has 3 aromatic rings. The lowest BCUT2D eigenvalue weighted by atomic mass is 9.73. The van der Waals surface area contributed by atoms with Gasteiger partial charge in [0.2, 0.25) is 0 Å². The first-order valence-corrected chi connectivity index (χ1v) is 13.0. The van der Waals surface area contributed by atoms with Crippen LogP contribution < -0.4 is 16.0 Å². The van der Waals surface area contributed by atoms with Crippen molar-refractivity contribution in [2.45, 2.75) is 37.6 Å². The number of anilines is 2. The third-order valence-corrected chi connectivity index (χ3v) is 7.59. The second-order valence-corrected chi connectivity index (χ2v) is 10.1. The van der Waals surface area contributed by atoms with Crippen LogP contribution >= 0.6 is 0 Å². The molecule has 0 spiro atoms. The molecule has 7 nitrogen and oxygen atoms in total. The molecule has 3 heterocycles. The van der Waals surface area contributed by atoms with Crippen LogP contribution in [0.2, 0.25) is 0 Å². The van der Waals surface area contributed by atoms with Crippen LogP contribution in [0.3, 0.4) is 0 Å². The Morgan fingerprint density at radius 1 is 1.19 bits per heavy atom. The van der Waals surface area contributed by atoms with E-state index in [0.717, 1.165) is 49.3 Å². The van der Waals surface area contributed by atoms with Crippen molar-refractivity contribution in [3.63, 3.8) is 0 Å². The van der Waals surface area contributed by atoms with Gasteiger partial charge in [0.05, 0.1) is 30.8 Å². The number of ether oxygens (including phenoxy) is 1. The van der Waals surface area contributed by atoms with Gasteiger partial charge in [-0.05, 0) is 79.0 Å². The molecule has 8 heteroatoms. The van der Waals surface area contributed by atoms with Crippen molar-refractivity contribution < 1.29 is 13.9 Å². The van der Waals surface area contributed by atoms with Crippen molar-refractivity contribution >= 4 is 17.7 Å². The van der Waals surface area contributed by atoms with Crippen molar-refractivity contribution in [1.82, 2.24) is 9.97 Å². The highest BCUT2D eigenvalue weighted by Crippen LogP contribution is 2.41. The van der Waals surface area contributed by atoms with Crippen molar-refractivity contribution in [2.75, 3.05) is 43.6 Å². The molecule has 0 radical (unpaired) electrons. The number of aldehydes is 1. The fourth-order valence-electron chi connectivity index (χ4n) is 5.94. The molecule has 1 saturated carbocycles. The zero-order valence-electron chi connectivity index (χ0n) is 21.2. The predicted octanol–water partition coefficient (Wildman–Crippen LogP) is 4.43. The number of benzene rings is 1. The summed E-state index contributed by atoms with van der Waals surface area (Å²) in [7, 11) is 1.91. The Kier molecular flexibility index (Phi) is 7.76. The lowest BCUT2D eigenvalue weighted by molar-refractivity contribution is 0.111. The number of rotatable bonds is 7. The number of hydrogen-bond acceptors (Lipinski definition) is 7. The summed E-state index contributed by atoms with van der Waals surface area (Å²) >= 11 is 0. The lowest BCUT2D eigenvalue weighted by Crippen LogP contribution is -2.36. The van der Waals surface area contributed by atoms with Gasteiger partial charge in [0.25, 0.3) is 0 Å². The van der Waals surface area contributed by atoms with Gasteiger partial charge in [0, 0.05) is 43.6 Å². The maximum Gasteiger partial charge on any atom is 0.168 e. The van der Waals surface area contributed by atoms with Crippen molar-refractivity contribution in [2.24, 2.45) is 11.7 Å². The maximum absolute atomic E-state index is 15.8. The molecule has 1 aliphatic carbocycles. The lowest BCUT2D eigenvalue weighted by Gasteiger charge is -2.35. The molecule has 0 amide bonds. The van der Waals surface area contributed by atoms with E-state index in [2.05, 4.69) is 32.3 Å². The van der Waals surface area contributed by atoms with E-state index >= 15 is 4.39 Å². The van der Waals surface area contributed by atoms with E-state index in [1.807, 2.05) is 19.4 Å². The van der Waals surface area contributed by atoms with Crippen LogP contribution in [0.1, 0.15) is 46.8 Å². The number of carbonyl (C=O) groups is 1. The van der Waals surface area contributed by atoms with E-state index < -0.39 is 0 Å². The maximum atomic E-state index is 15.8. The fraction of sp³-hybridized carbons (Fsp3) is 0.414. The second-order valence-electron chi connectivity index (χ2n) is 10.1. The van der Waals surface area contributed by atoms with Gasteiger partial charge in [-0.3, -0.25) is 9.78 Å². The van der Waals surface area contributed by atoms with E-state index in [-0.39, 0.29) is 23.5 Å². The SMILES string of the molecule is CNc1cnccc1C1CC(N)C[C@@H](Cc2cc(N3CCOCC3)cc(F)c2-c2cccc(C=O)n2)C1. The number of hydrogen-bond donors (Lipinski definition) is 2. The summed E-state index contributed by atoms with van der Waals surface area (Å²) in [5.74, 6) is 0.253. The molecule has 1 saturated heterocycles. The molecule has 2 fully saturated rings. The molecule has 5 rings (SSSR count). The van der Waals surface area contributed by atoms with E-state index in [1.54, 1.807) is 24.3 Å². The number of nitrogens with two attached hydrogens (primary N) is 1. The van der Waals surface area contributed by atoms with Gasteiger partial charge in [0.15, 0.2) is 6.29 Å². The average Bonchev–Trinajstić information content (AvgIpc) is 2.93. The van der Waals surface area contributed by atoms with Crippen LogP contribution in [-0.2, 0) is 11.2 Å². The highest BCUT2D eigenvalue weighted by Gasteiger charge is 2.31. The van der Waals surface area contributed by atoms with Gasteiger partial charge in [0.1, 0.15) is 11.5 Å². The quantitative estimate of drug-likeness (QED) is 0.461. The standard InChI is InChI=1S/C29H34FN5O2/c1-32-28-17-33-6-5-25(28)20-11-19(13-22(31)14-20)12-21-15-24(35-7-9-37-10-8-35)16-26(30)29(21)27-4-2-3-23(18-36)34-27/h2-6,15-20,22,32H,7-14,31H2,1H3/t19-,20?,22?/m1/s1. The molecule has 37 heavy (non-hydrogen) atoms. The normalized spacial score (nSPS) is 22.0. The largest absolute Gasteiger partial charge is 0.387 e. The van der Waals surface area contributed by atoms with Crippen molar-refractivity contribution in [3.05, 3.63) is 71.4 Å². The third-order valence-electron chi connectivity index (χ3n) is 7.59. The Bertz CT molecular complexity index is 1250. The van der Waals surface area contributed by atoms with Gasteiger partial charge >= 0.3 is 0 Å². The van der Waals surface area contributed by atoms with Gasteiger partial charge in [-0.25, -0.2) is 9.37 Å². The number of aromatic nitrogens is 2. The average molecular weight is 504 g/mol. The fourth-order valence-corrected chi connectivity index (χ4v) is 5.94. The topological polar surface area (TPSA) is 93.4 Å². The van der Waals surface area contributed by atoms with Gasteiger partial charge in [-0.15, -0.1) is 0 Å². The molecule has 2 unspecified atom stereocenters. The first-order chi connectivity index (χ1) is 18.1. The van der Waals surface area contributed by atoms with Gasteiger partial charge in [-0.2, -0.15) is 0 Å². The van der Waals surface area contributed by atoms with Crippen molar-refractivity contribution in [3.8, 4) is 11.3 Å². The predicted molar refractivity (Wildman–Crippen MR) is 144 cm³/mol. The molecule has 1 aliphatic heterocycles. The molecular weight excluding hydrogens is 469 g/mol. The van der Waals surface area contributed by atoms with E-state index in [4.69, 9.17) is 10.5 Å². The van der Waals surface area contributed by atoms with E-state index in [9.17, 15) is 4.79 Å². The number of morpholine rings is 1. The zero-order chi connectivity index (χ0) is 25.8. The first-order valence-electron chi connectivity index (χ1n) is 13.0. The first kappa shape index (κ1) is 25.3. The number of carbonyl (C=O) groups excluding carboxylic acids is 1. The molecular formula is C29H34FN5O2. The zero-order valence-corrected chi connectivity index (χ0v) is 21.2. The van der Waals surface area contributed by atoms with Crippen LogP contribution in [0.15, 0.2) is 48.8 Å². The van der Waals surface area contributed by atoms with Crippen LogP contribution in [0.4, 0.5) is 15.8 Å². The summed E-state index contributed by atoms with van der Waals surface area (Å²) in [5, 5.41) is 3.26. The molecule has 0 bridgehead atoms. The Morgan fingerprint density at radius 2 is 2.03 bits per heavy atom. The summed E-state index contributed by atoms with van der Waals surface area (Å²) < 4.78 is 21.3. The minimum Gasteiger partial charge on any atom is -0.387 e. The summed E-state index contributed by atoms with van der Waals surface area (Å²) in [5.41, 5.74) is 11.8. The Labute approximate surface area is 217 Å². The van der Waals surface area contributed by atoms with Crippen LogP contribution in [-0.4, -0.2) is 55.6 Å². The smallest absolute Gasteiger partial charge is 0.168 e. The van der Waals surface area contributed by atoms with Crippen molar-refractivity contribution in [1.29, 1.82) is 0 Å². The monoisotopic (exact) mass is 503 g/mol. The molecule has 2 aromatic heterocycles. The summed E-state index contributed by atoms with van der Waals surface area (Å²) in [6.07, 6.45) is 7.81. The molecule has 3 N–H and O–H groups in total. The van der Waals surface area contributed by atoms with Gasteiger partial charge in [-0.1, -0.05) is 6.07 Å². The molecule has 1 aromatic carbocycles. The summed E-state index contributed by atoms with van der Waals surface area (Å²) in [6.45, 7) is 2.70. The summed E-state index contributed by atoms with van der Waals surface area (Å²) in [4.78, 5) is 22.3. The van der Waals surface area contributed by atoms with Crippen LogP contribution in [0.5, 0.6) is 0 Å². The number of nitrogens with zero attached hydrogens (tertiary/aromatic N) is 3. The van der Waals surface area contributed by atoms with Gasteiger partial charge < -0.3 is 20.7 Å².